The zero-order valence-electron chi connectivity index (χ0n) is 9.16. The summed E-state index contributed by atoms with van der Waals surface area (Å²) in [7, 11) is 2.07. The van der Waals surface area contributed by atoms with Crippen LogP contribution < -0.4 is 10.2 Å². The lowest BCUT2D eigenvalue weighted by Crippen LogP contribution is -2.17. The van der Waals surface area contributed by atoms with E-state index in [1.807, 2.05) is 18.3 Å². The monoisotopic (exact) mass is 231 g/mol. The maximum Gasteiger partial charge on any atom is 0.156 e. The van der Waals surface area contributed by atoms with Gasteiger partial charge in [0.05, 0.1) is 5.69 Å². The number of thiocarbonyl (C=S) groups is 1. The van der Waals surface area contributed by atoms with Crippen LogP contribution >= 0.6 is 12.2 Å². The van der Waals surface area contributed by atoms with Gasteiger partial charge < -0.3 is 10.2 Å². The summed E-state index contributed by atoms with van der Waals surface area (Å²) in [6, 6.07) is 3.95. The van der Waals surface area contributed by atoms with Crippen molar-refractivity contribution < 1.29 is 0 Å². The highest BCUT2D eigenvalue weighted by Gasteiger charge is 2.27. The van der Waals surface area contributed by atoms with E-state index >= 15 is 0 Å². The highest BCUT2D eigenvalue weighted by atomic mass is 32.1. The van der Waals surface area contributed by atoms with Gasteiger partial charge >= 0.3 is 0 Å². The number of fused-ring (bicyclic) bond motifs is 1. The molecule has 0 saturated carbocycles. The summed E-state index contributed by atoms with van der Waals surface area (Å²) in [5, 5.41) is 3.29. The summed E-state index contributed by atoms with van der Waals surface area (Å²) in [5.41, 5.74) is 3.62. The Bertz CT molecular complexity index is 493. The summed E-state index contributed by atoms with van der Waals surface area (Å²) in [6.07, 6.45) is 5.20. The standard InChI is InChI=1S/C12H13N3S/c1-15-10-6-2-4-8(10)12(16)14-9-5-3-7-13-11(9)15/h3,5,7H,2,4,6H2,1H3,(H,14,16). The average molecular weight is 231 g/mol. The van der Waals surface area contributed by atoms with E-state index in [9.17, 15) is 0 Å². The van der Waals surface area contributed by atoms with Gasteiger partial charge in [0.15, 0.2) is 5.82 Å². The van der Waals surface area contributed by atoms with E-state index in [0.717, 1.165) is 29.3 Å². The smallest absolute Gasteiger partial charge is 0.156 e. The lowest BCUT2D eigenvalue weighted by atomic mass is 10.2. The molecule has 1 aromatic rings. The van der Waals surface area contributed by atoms with E-state index in [1.54, 1.807) is 0 Å². The Kier molecular flexibility index (Phi) is 2.17. The van der Waals surface area contributed by atoms with Crippen LogP contribution in [0.25, 0.3) is 0 Å². The summed E-state index contributed by atoms with van der Waals surface area (Å²) < 4.78 is 0. The van der Waals surface area contributed by atoms with Crippen LogP contribution in [0.5, 0.6) is 0 Å². The zero-order chi connectivity index (χ0) is 11.1. The van der Waals surface area contributed by atoms with Gasteiger partial charge in [-0.05, 0) is 31.4 Å². The zero-order valence-corrected chi connectivity index (χ0v) is 9.97. The molecule has 0 atom stereocenters. The van der Waals surface area contributed by atoms with Crippen molar-refractivity contribution in [3.63, 3.8) is 0 Å². The lowest BCUT2D eigenvalue weighted by Gasteiger charge is -2.20. The van der Waals surface area contributed by atoms with Crippen molar-refractivity contribution in [2.75, 3.05) is 17.3 Å². The Morgan fingerprint density at radius 3 is 3.19 bits per heavy atom. The van der Waals surface area contributed by atoms with E-state index in [-0.39, 0.29) is 0 Å². The molecule has 0 radical (unpaired) electrons. The second-order valence-electron chi connectivity index (χ2n) is 4.17. The number of anilines is 2. The van der Waals surface area contributed by atoms with Crippen LogP contribution in [0.1, 0.15) is 19.3 Å². The predicted octanol–water partition coefficient (Wildman–Crippen LogP) is 2.71. The molecule has 0 aromatic carbocycles. The van der Waals surface area contributed by atoms with Crippen molar-refractivity contribution in [2.24, 2.45) is 0 Å². The minimum absolute atomic E-state index is 0.867. The fourth-order valence-electron chi connectivity index (χ4n) is 2.43. The molecule has 1 aliphatic carbocycles. The maximum atomic E-state index is 5.44. The second-order valence-corrected chi connectivity index (χ2v) is 4.57. The highest BCUT2D eigenvalue weighted by Crippen LogP contribution is 2.37. The van der Waals surface area contributed by atoms with Crippen LogP contribution in [0.4, 0.5) is 11.5 Å². The van der Waals surface area contributed by atoms with Gasteiger partial charge in [0.25, 0.3) is 0 Å². The SMILES string of the molecule is CN1C2=C(CCC2)C(=S)Nc2cccnc21. The molecule has 4 heteroatoms. The van der Waals surface area contributed by atoms with Crippen LogP contribution in [0, 0.1) is 0 Å². The van der Waals surface area contributed by atoms with E-state index in [2.05, 4.69) is 22.2 Å². The van der Waals surface area contributed by atoms with Gasteiger partial charge in [-0.1, -0.05) is 12.2 Å². The third-order valence-electron chi connectivity index (χ3n) is 3.22. The lowest BCUT2D eigenvalue weighted by molar-refractivity contribution is 0.872. The van der Waals surface area contributed by atoms with Crippen LogP contribution in [0.2, 0.25) is 0 Å². The van der Waals surface area contributed by atoms with E-state index in [0.29, 0.717) is 0 Å². The summed E-state index contributed by atoms with van der Waals surface area (Å²) in [4.78, 5) is 7.46. The number of nitrogens with one attached hydrogen (secondary N) is 1. The van der Waals surface area contributed by atoms with Gasteiger partial charge in [-0.25, -0.2) is 4.98 Å². The van der Waals surface area contributed by atoms with Crippen molar-refractivity contribution in [1.82, 2.24) is 4.98 Å². The molecule has 2 heterocycles. The molecule has 1 aliphatic heterocycles. The molecule has 2 aliphatic rings. The minimum atomic E-state index is 0.867. The Balaban J connectivity index is 2.16. The first-order valence-corrected chi connectivity index (χ1v) is 5.90. The number of hydrogen-bond donors (Lipinski definition) is 1. The summed E-state index contributed by atoms with van der Waals surface area (Å²) in [5.74, 6) is 0.969. The molecule has 82 valence electrons. The van der Waals surface area contributed by atoms with Gasteiger partial charge in [0.1, 0.15) is 4.99 Å². The Hall–Kier alpha value is -1.42. The van der Waals surface area contributed by atoms with Crippen molar-refractivity contribution in [3.8, 4) is 0 Å². The summed E-state index contributed by atoms with van der Waals surface area (Å²) >= 11 is 5.44. The van der Waals surface area contributed by atoms with Crippen LogP contribution in [-0.4, -0.2) is 17.0 Å². The topological polar surface area (TPSA) is 28.2 Å². The fourth-order valence-corrected chi connectivity index (χ4v) is 2.76. The second kappa shape index (κ2) is 3.56. The number of aromatic nitrogens is 1. The molecule has 0 bridgehead atoms. The first-order chi connectivity index (χ1) is 7.77. The minimum Gasteiger partial charge on any atom is -0.343 e. The molecule has 0 amide bonds. The quantitative estimate of drug-likeness (QED) is 0.695. The molecule has 3 nitrogen and oxygen atoms in total. The molecule has 1 N–H and O–H groups in total. The Labute approximate surface area is 100 Å². The Morgan fingerprint density at radius 2 is 2.31 bits per heavy atom. The number of rotatable bonds is 0. The normalized spacial score (nSPS) is 19.1. The van der Waals surface area contributed by atoms with Crippen LogP contribution in [0.3, 0.4) is 0 Å². The summed E-state index contributed by atoms with van der Waals surface area (Å²) in [6.45, 7) is 0. The first-order valence-electron chi connectivity index (χ1n) is 5.49. The maximum absolute atomic E-state index is 5.44. The molecule has 16 heavy (non-hydrogen) atoms. The van der Waals surface area contributed by atoms with Crippen molar-refractivity contribution in [3.05, 3.63) is 29.6 Å². The van der Waals surface area contributed by atoms with Crippen molar-refractivity contribution in [1.29, 1.82) is 0 Å². The van der Waals surface area contributed by atoms with Gasteiger partial charge in [-0.3, -0.25) is 0 Å². The Morgan fingerprint density at radius 1 is 1.44 bits per heavy atom. The van der Waals surface area contributed by atoms with Crippen molar-refractivity contribution >= 4 is 28.7 Å². The number of pyridine rings is 1. The molecular weight excluding hydrogens is 218 g/mol. The van der Waals surface area contributed by atoms with Gasteiger partial charge in [0.2, 0.25) is 0 Å². The average Bonchev–Trinajstić information content (AvgIpc) is 2.74. The van der Waals surface area contributed by atoms with Crippen LogP contribution in [0.15, 0.2) is 29.6 Å². The molecule has 3 rings (SSSR count). The molecule has 0 spiro atoms. The molecule has 1 aromatic heterocycles. The van der Waals surface area contributed by atoms with Crippen LogP contribution in [-0.2, 0) is 0 Å². The highest BCUT2D eigenvalue weighted by molar-refractivity contribution is 7.81. The van der Waals surface area contributed by atoms with E-state index in [1.165, 1.54) is 17.7 Å². The van der Waals surface area contributed by atoms with E-state index in [4.69, 9.17) is 12.2 Å². The molecule has 0 fully saturated rings. The molecule has 0 saturated heterocycles. The van der Waals surface area contributed by atoms with Gasteiger partial charge in [0, 0.05) is 24.5 Å². The van der Waals surface area contributed by atoms with E-state index < -0.39 is 0 Å². The third-order valence-corrected chi connectivity index (χ3v) is 3.57. The van der Waals surface area contributed by atoms with Crippen molar-refractivity contribution in [2.45, 2.75) is 19.3 Å². The first kappa shape index (κ1) is 9.78. The number of allylic oxidation sites excluding steroid dienone is 1. The molecular formula is C12H13N3S. The van der Waals surface area contributed by atoms with Gasteiger partial charge in [-0.15, -0.1) is 0 Å². The van der Waals surface area contributed by atoms with Gasteiger partial charge in [-0.2, -0.15) is 0 Å². The number of hydrogen-bond acceptors (Lipinski definition) is 3. The predicted molar refractivity (Wildman–Crippen MR) is 69.7 cm³/mol. The fraction of sp³-hybridized carbons (Fsp3) is 0.333. The number of nitrogens with zero attached hydrogens (tertiary/aromatic N) is 2. The third kappa shape index (κ3) is 1.33. The molecule has 0 unspecified atom stereocenters. The largest absolute Gasteiger partial charge is 0.343 e.